The molecule has 2 heterocycles. The van der Waals surface area contributed by atoms with E-state index in [2.05, 4.69) is 10.00 Å². The molecule has 1 fully saturated rings. The van der Waals surface area contributed by atoms with E-state index in [0.29, 0.717) is 11.4 Å². The molecule has 0 atom stereocenters. The first-order valence-electron chi connectivity index (χ1n) is 7.30. The molecule has 0 spiro atoms. The van der Waals surface area contributed by atoms with E-state index in [1.54, 1.807) is 4.68 Å². The van der Waals surface area contributed by atoms with Crippen molar-refractivity contribution >= 4 is 17.4 Å². The molecule has 0 saturated carbocycles. The molecule has 0 N–H and O–H groups in total. The molecule has 0 aliphatic carbocycles. The van der Waals surface area contributed by atoms with Crippen LogP contribution in [0.25, 0.3) is 0 Å². The molecule has 4 nitrogen and oxygen atoms in total. The van der Waals surface area contributed by atoms with Gasteiger partial charge in [-0.1, -0.05) is 18.0 Å². The van der Waals surface area contributed by atoms with Crippen LogP contribution in [0.3, 0.4) is 0 Å². The van der Waals surface area contributed by atoms with Crippen molar-refractivity contribution in [1.29, 1.82) is 0 Å². The second-order valence-electron chi connectivity index (χ2n) is 6.18. The summed E-state index contributed by atoms with van der Waals surface area (Å²) in [6.45, 7) is 7.94. The predicted molar refractivity (Wildman–Crippen MR) is 81.2 cm³/mol. The molecule has 1 aliphatic rings. The molecule has 2 rings (SSSR count). The van der Waals surface area contributed by atoms with E-state index in [1.165, 1.54) is 19.3 Å². The largest absolute Gasteiger partial charge is 0.297 e. The van der Waals surface area contributed by atoms with Gasteiger partial charge in [0.2, 0.25) is 0 Å². The topological polar surface area (TPSA) is 38.1 Å². The Morgan fingerprint density at radius 1 is 1.30 bits per heavy atom. The maximum absolute atomic E-state index is 12.7. The maximum Gasteiger partial charge on any atom is 0.158 e. The molecule has 5 heteroatoms. The van der Waals surface area contributed by atoms with Crippen LogP contribution in [0, 0.1) is 6.92 Å². The van der Waals surface area contributed by atoms with E-state index in [0.717, 1.165) is 24.5 Å². The summed E-state index contributed by atoms with van der Waals surface area (Å²) in [5.74, 6) is 0.212. The summed E-state index contributed by atoms with van der Waals surface area (Å²) in [6.07, 6.45) is 3.98. The number of halogens is 1. The lowest BCUT2D eigenvalue weighted by Crippen LogP contribution is -2.52. The summed E-state index contributed by atoms with van der Waals surface area (Å²) in [4.78, 5) is 15.0. The summed E-state index contributed by atoms with van der Waals surface area (Å²) in [5.41, 5.74) is 1.18. The number of carbonyl (C=O) groups is 1. The van der Waals surface area contributed by atoms with E-state index in [1.807, 2.05) is 27.8 Å². The highest BCUT2D eigenvalue weighted by atomic mass is 35.5. The molecule has 112 valence electrons. The first-order valence-corrected chi connectivity index (χ1v) is 7.68. The third kappa shape index (κ3) is 2.91. The van der Waals surface area contributed by atoms with Gasteiger partial charge in [-0.15, -0.1) is 0 Å². The Morgan fingerprint density at radius 3 is 2.40 bits per heavy atom. The molecule has 1 aromatic heterocycles. The summed E-state index contributed by atoms with van der Waals surface area (Å²) in [6, 6.07) is 0. The molecular weight excluding hydrogens is 274 g/mol. The Morgan fingerprint density at radius 2 is 1.90 bits per heavy atom. The van der Waals surface area contributed by atoms with Gasteiger partial charge >= 0.3 is 0 Å². The van der Waals surface area contributed by atoms with Crippen LogP contribution < -0.4 is 0 Å². The smallest absolute Gasteiger partial charge is 0.158 e. The number of hydrogen-bond acceptors (Lipinski definition) is 3. The number of nitrogens with zero attached hydrogens (tertiary/aromatic N) is 3. The quantitative estimate of drug-likeness (QED) is 0.858. The highest BCUT2D eigenvalue weighted by Crippen LogP contribution is 2.26. The van der Waals surface area contributed by atoms with Crippen molar-refractivity contribution < 1.29 is 4.79 Å². The van der Waals surface area contributed by atoms with Crippen LogP contribution in [-0.2, 0) is 18.3 Å². The maximum atomic E-state index is 12.7. The zero-order valence-corrected chi connectivity index (χ0v) is 13.6. The van der Waals surface area contributed by atoms with Crippen molar-refractivity contribution in [1.82, 2.24) is 14.7 Å². The Kier molecular flexibility index (Phi) is 4.55. The van der Waals surface area contributed by atoms with Crippen molar-refractivity contribution in [3.63, 3.8) is 0 Å². The Hall–Kier alpha value is -0.870. The van der Waals surface area contributed by atoms with Crippen LogP contribution in [-0.4, -0.2) is 39.1 Å². The van der Waals surface area contributed by atoms with Crippen LogP contribution in [0.4, 0.5) is 0 Å². The third-order valence-corrected chi connectivity index (χ3v) is 4.91. The fraction of sp³-hybridized carbons (Fsp3) is 0.733. The zero-order chi connectivity index (χ0) is 14.9. The molecular formula is C15H24ClN3O. The fourth-order valence-electron chi connectivity index (χ4n) is 2.87. The normalized spacial score (nSPS) is 17.4. The number of aromatic nitrogens is 2. The minimum absolute atomic E-state index is 0.212. The number of aryl methyl sites for hydroxylation is 2. The molecule has 20 heavy (non-hydrogen) atoms. The second kappa shape index (κ2) is 5.86. The average molecular weight is 298 g/mol. The molecule has 1 aromatic rings. The Bertz CT molecular complexity index is 501. The average Bonchev–Trinajstić information content (AvgIpc) is 2.66. The van der Waals surface area contributed by atoms with Gasteiger partial charge in [-0.3, -0.25) is 14.4 Å². The van der Waals surface area contributed by atoms with Crippen LogP contribution >= 0.6 is 11.6 Å². The van der Waals surface area contributed by atoms with Crippen molar-refractivity contribution in [2.24, 2.45) is 7.05 Å². The summed E-state index contributed by atoms with van der Waals surface area (Å²) in [5, 5.41) is 4.90. The molecule has 0 unspecified atom stereocenters. The number of hydrogen-bond donors (Lipinski definition) is 0. The van der Waals surface area contributed by atoms with Gasteiger partial charge in [0.15, 0.2) is 5.78 Å². The van der Waals surface area contributed by atoms with Crippen LogP contribution in [0.15, 0.2) is 0 Å². The lowest BCUT2D eigenvalue weighted by molar-refractivity contribution is -0.129. The number of Topliss-reactive ketones (excluding diaryl/α,β-unsaturated/α-hetero) is 1. The van der Waals surface area contributed by atoms with Gasteiger partial charge in [0, 0.05) is 7.05 Å². The van der Waals surface area contributed by atoms with Crippen LogP contribution in [0.2, 0.25) is 5.02 Å². The van der Waals surface area contributed by atoms with Gasteiger partial charge in [0.1, 0.15) is 0 Å². The van der Waals surface area contributed by atoms with Gasteiger partial charge in [-0.05, 0) is 46.7 Å². The SMILES string of the molecule is Cc1nn(C)c(CC(=O)C(C)(C)N2CCCCC2)c1Cl. The van der Waals surface area contributed by atoms with Crippen LogP contribution in [0.5, 0.6) is 0 Å². The molecule has 1 saturated heterocycles. The standard InChI is InChI=1S/C15H24ClN3O/c1-11-14(16)12(18(4)17-11)10-13(20)15(2,3)19-8-6-5-7-9-19/h5-10H2,1-4H3. The number of rotatable bonds is 4. The highest BCUT2D eigenvalue weighted by Gasteiger charge is 2.35. The van der Waals surface area contributed by atoms with Crippen molar-refractivity contribution in [2.45, 2.75) is 52.0 Å². The van der Waals surface area contributed by atoms with Crippen LogP contribution in [0.1, 0.15) is 44.5 Å². The minimum Gasteiger partial charge on any atom is -0.297 e. The molecule has 0 bridgehead atoms. The van der Waals surface area contributed by atoms with Gasteiger partial charge in [0.25, 0.3) is 0 Å². The fourth-order valence-corrected chi connectivity index (χ4v) is 3.10. The zero-order valence-electron chi connectivity index (χ0n) is 12.9. The van der Waals surface area contributed by atoms with Gasteiger partial charge in [-0.25, -0.2) is 0 Å². The van der Waals surface area contributed by atoms with Crippen molar-refractivity contribution in [2.75, 3.05) is 13.1 Å². The van der Waals surface area contributed by atoms with E-state index >= 15 is 0 Å². The Balaban J connectivity index is 2.14. The van der Waals surface area contributed by atoms with E-state index < -0.39 is 5.54 Å². The lowest BCUT2D eigenvalue weighted by Gasteiger charge is -2.39. The number of ketones is 1. The highest BCUT2D eigenvalue weighted by molar-refractivity contribution is 6.32. The predicted octanol–water partition coefficient (Wildman–Crippen LogP) is 2.76. The molecule has 0 amide bonds. The summed E-state index contributed by atoms with van der Waals surface area (Å²) >= 11 is 6.24. The number of piperidine rings is 1. The third-order valence-electron chi connectivity index (χ3n) is 4.42. The monoisotopic (exact) mass is 297 g/mol. The van der Waals surface area contributed by atoms with E-state index in [9.17, 15) is 4.79 Å². The van der Waals surface area contributed by atoms with E-state index in [-0.39, 0.29) is 5.78 Å². The molecule has 0 radical (unpaired) electrons. The summed E-state index contributed by atoms with van der Waals surface area (Å²) < 4.78 is 1.72. The van der Waals surface area contributed by atoms with Gasteiger partial charge < -0.3 is 0 Å². The van der Waals surface area contributed by atoms with Gasteiger partial charge in [-0.2, -0.15) is 5.10 Å². The van der Waals surface area contributed by atoms with Crippen molar-refractivity contribution in [3.8, 4) is 0 Å². The van der Waals surface area contributed by atoms with Gasteiger partial charge in [0.05, 0.1) is 28.4 Å². The molecule has 1 aliphatic heterocycles. The van der Waals surface area contributed by atoms with Crippen molar-refractivity contribution in [3.05, 3.63) is 16.4 Å². The Labute approximate surface area is 126 Å². The first-order chi connectivity index (χ1) is 9.34. The minimum atomic E-state index is -0.429. The first kappa shape index (κ1) is 15.5. The molecule has 0 aromatic carbocycles. The lowest BCUT2D eigenvalue weighted by atomic mass is 9.91. The number of likely N-dealkylation sites (tertiary alicyclic amines) is 1. The second-order valence-corrected chi connectivity index (χ2v) is 6.55. The number of carbonyl (C=O) groups excluding carboxylic acids is 1. The van der Waals surface area contributed by atoms with E-state index in [4.69, 9.17) is 11.6 Å². The summed E-state index contributed by atoms with van der Waals surface area (Å²) in [7, 11) is 1.84.